The highest BCUT2D eigenvalue weighted by Gasteiger charge is 2.10. The van der Waals surface area contributed by atoms with Crippen molar-refractivity contribution in [3.63, 3.8) is 0 Å². The van der Waals surface area contributed by atoms with E-state index in [1.165, 1.54) is 0 Å². The van der Waals surface area contributed by atoms with Crippen LogP contribution >= 0.6 is 15.9 Å². The van der Waals surface area contributed by atoms with Crippen molar-refractivity contribution in [1.29, 1.82) is 0 Å². The highest BCUT2D eigenvalue weighted by Crippen LogP contribution is 2.23. The second-order valence-electron chi connectivity index (χ2n) is 5.70. The molecule has 24 heavy (non-hydrogen) atoms. The number of anilines is 1. The summed E-state index contributed by atoms with van der Waals surface area (Å²) in [7, 11) is 0. The normalized spacial score (nSPS) is 10.5. The lowest BCUT2D eigenvalue weighted by Crippen LogP contribution is -2.09. The van der Waals surface area contributed by atoms with E-state index >= 15 is 0 Å². The zero-order chi connectivity index (χ0) is 17.5. The summed E-state index contributed by atoms with van der Waals surface area (Å²) in [4.78, 5) is 11.2. The van der Waals surface area contributed by atoms with Crippen LogP contribution in [0.1, 0.15) is 34.3 Å². The lowest BCUT2D eigenvalue weighted by atomic mass is 10.1. The van der Waals surface area contributed by atoms with Gasteiger partial charge in [0.2, 0.25) is 0 Å². The van der Waals surface area contributed by atoms with Crippen molar-refractivity contribution >= 4 is 27.6 Å². The van der Waals surface area contributed by atoms with E-state index in [4.69, 9.17) is 4.74 Å². The number of hydrogen-bond donors (Lipinski definition) is 2. The molecule has 0 saturated heterocycles. The number of carboxylic acid groups (broad SMARTS) is 1. The molecule has 2 aromatic carbocycles. The molecule has 0 aliphatic heterocycles. The lowest BCUT2D eigenvalue weighted by Gasteiger charge is -2.13. The van der Waals surface area contributed by atoms with Crippen molar-refractivity contribution in [2.24, 2.45) is 0 Å². The van der Waals surface area contributed by atoms with Crippen LogP contribution in [0.25, 0.3) is 0 Å². The Morgan fingerprint density at radius 3 is 2.54 bits per heavy atom. The van der Waals surface area contributed by atoms with E-state index in [2.05, 4.69) is 21.2 Å². The van der Waals surface area contributed by atoms with Crippen LogP contribution in [0, 0.1) is 13.8 Å². The number of halogens is 1. The zero-order valence-electron chi connectivity index (χ0n) is 13.9. The molecule has 0 aliphatic carbocycles. The van der Waals surface area contributed by atoms with Gasteiger partial charge in [0.15, 0.2) is 0 Å². The molecule has 0 bridgehead atoms. The van der Waals surface area contributed by atoms with Crippen molar-refractivity contribution in [2.75, 3.05) is 18.5 Å². The summed E-state index contributed by atoms with van der Waals surface area (Å²) >= 11 is 3.29. The van der Waals surface area contributed by atoms with Crippen molar-refractivity contribution in [3.8, 4) is 5.75 Å². The average molecular weight is 392 g/mol. The summed E-state index contributed by atoms with van der Waals surface area (Å²) < 4.78 is 6.63. The molecule has 0 spiro atoms. The van der Waals surface area contributed by atoms with Crippen LogP contribution in [-0.4, -0.2) is 24.2 Å². The number of aromatic carboxylic acids is 1. The number of carboxylic acids is 1. The van der Waals surface area contributed by atoms with Gasteiger partial charge in [0.25, 0.3) is 0 Å². The van der Waals surface area contributed by atoms with Crippen molar-refractivity contribution in [3.05, 3.63) is 57.6 Å². The Bertz CT molecular complexity index is 696. The van der Waals surface area contributed by atoms with Crippen LogP contribution in [0.15, 0.2) is 40.9 Å². The molecule has 2 aromatic rings. The van der Waals surface area contributed by atoms with Crippen LogP contribution < -0.4 is 10.1 Å². The average Bonchev–Trinajstić information content (AvgIpc) is 2.54. The number of para-hydroxylation sites is 1. The number of rotatable bonds is 8. The Morgan fingerprint density at radius 2 is 1.88 bits per heavy atom. The predicted octanol–water partition coefficient (Wildman–Crippen LogP) is 5.04. The minimum atomic E-state index is -0.933. The number of carbonyl (C=O) groups is 1. The number of ether oxygens (including phenoxy) is 1. The second kappa shape index (κ2) is 8.73. The van der Waals surface area contributed by atoms with Gasteiger partial charge in [0, 0.05) is 16.7 Å². The molecule has 128 valence electrons. The fourth-order valence-corrected chi connectivity index (χ4v) is 2.86. The number of nitrogens with one attached hydrogen (secondary N) is 1. The van der Waals surface area contributed by atoms with Gasteiger partial charge in [-0.2, -0.15) is 0 Å². The molecule has 0 atom stereocenters. The molecular weight excluding hydrogens is 370 g/mol. The third kappa shape index (κ3) is 4.99. The highest BCUT2D eigenvalue weighted by atomic mass is 79.9. The van der Waals surface area contributed by atoms with Crippen LogP contribution in [0.3, 0.4) is 0 Å². The van der Waals surface area contributed by atoms with Gasteiger partial charge < -0.3 is 15.2 Å². The lowest BCUT2D eigenvalue weighted by molar-refractivity contribution is 0.0698. The van der Waals surface area contributed by atoms with Crippen LogP contribution in [0.2, 0.25) is 0 Å². The Kier molecular flexibility index (Phi) is 6.67. The van der Waals surface area contributed by atoms with E-state index in [1.54, 1.807) is 12.1 Å². The first-order valence-electron chi connectivity index (χ1n) is 7.95. The maximum absolute atomic E-state index is 11.2. The fraction of sp³-hybridized carbons (Fsp3) is 0.316. The number of unbranched alkanes of at least 4 members (excludes halogenated alkanes) is 1. The Balaban J connectivity index is 1.77. The van der Waals surface area contributed by atoms with Crippen molar-refractivity contribution < 1.29 is 14.6 Å². The zero-order valence-corrected chi connectivity index (χ0v) is 15.5. The number of hydrogen-bond acceptors (Lipinski definition) is 3. The predicted molar refractivity (Wildman–Crippen MR) is 100 cm³/mol. The third-order valence-electron chi connectivity index (χ3n) is 3.75. The fourth-order valence-electron chi connectivity index (χ4n) is 2.50. The van der Waals surface area contributed by atoms with Gasteiger partial charge in [-0.15, -0.1) is 0 Å². The molecule has 0 radical (unpaired) electrons. The molecule has 0 aromatic heterocycles. The van der Waals surface area contributed by atoms with Gasteiger partial charge >= 0.3 is 5.97 Å². The summed E-state index contributed by atoms with van der Waals surface area (Å²) in [5, 5.41) is 12.4. The summed E-state index contributed by atoms with van der Waals surface area (Å²) in [5.74, 6) is 0.0312. The monoisotopic (exact) mass is 391 g/mol. The van der Waals surface area contributed by atoms with E-state index in [0.29, 0.717) is 18.8 Å². The Morgan fingerprint density at radius 1 is 1.17 bits per heavy atom. The molecule has 0 fully saturated rings. The van der Waals surface area contributed by atoms with Gasteiger partial charge in [-0.05, 0) is 56.0 Å². The smallest absolute Gasteiger partial charge is 0.337 e. The van der Waals surface area contributed by atoms with Gasteiger partial charge in [0.05, 0.1) is 12.2 Å². The van der Waals surface area contributed by atoms with E-state index in [-0.39, 0.29) is 5.56 Å². The maximum Gasteiger partial charge on any atom is 0.337 e. The van der Waals surface area contributed by atoms with Crippen molar-refractivity contribution in [1.82, 2.24) is 0 Å². The largest absolute Gasteiger partial charge is 0.493 e. The van der Waals surface area contributed by atoms with E-state index in [0.717, 1.165) is 34.2 Å². The van der Waals surface area contributed by atoms with Gasteiger partial charge in [-0.1, -0.05) is 34.1 Å². The summed E-state index contributed by atoms with van der Waals surface area (Å²) in [6.45, 7) is 5.45. The van der Waals surface area contributed by atoms with Crippen molar-refractivity contribution in [2.45, 2.75) is 26.7 Å². The molecule has 4 nitrogen and oxygen atoms in total. The second-order valence-corrected chi connectivity index (χ2v) is 6.61. The summed E-state index contributed by atoms with van der Waals surface area (Å²) in [5.41, 5.74) is 3.21. The molecule has 0 unspecified atom stereocenters. The summed E-state index contributed by atoms with van der Waals surface area (Å²) in [6.07, 6.45) is 1.81. The molecular formula is C19H22BrNO3. The SMILES string of the molecule is Cc1cccc(C)c1OCCCCNc1ccc(Br)cc1C(=O)O. The van der Waals surface area contributed by atoms with Crippen LogP contribution in [0.5, 0.6) is 5.75 Å². The molecule has 5 heteroatoms. The Hall–Kier alpha value is -2.01. The first-order valence-corrected chi connectivity index (χ1v) is 8.74. The molecule has 2 rings (SSSR count). The Labute approximate surface area is 151 Å². The standard InChI is InChI=1S/C19H22BrNO3/c1-13-6-5-7-14(2)18(13)24-11-4-3-10-21-17-9-8-15(20)12-16(17)19(22)23/h5-9,12,21H,3-4,10-11H2,1-2H3,(H,22,23). The quantitative estimate of drug-likeness (QED) is 0.619. The van der Waals surface area contributed by atoms with E-state index in [1.807, 2.05) is 38.1 Å². The molecule has 0 saturated carbocycles. The minimum absolute atomic E-state index is 0.274. The highest BCUT2D eigenvalue weighted by molar-refractivity contribution is 9.10. The first-order chi connectivity index (χ1) is 11.5. The van der Waals surface area contributed by atoms with Gasteiger partial charge in [-0.3, -0.25) is 0 Å². The molecule has 0 amide bonds. The van der Waals surface area contributed by atoms with E-state index < -0.39 is 5.97 Å². The third-order valence-corrected chi connectivity index (χ3v) is 4.25. The topological polar surface area (TPSA) is 58.6 Å². The molecule has 2 N–H and O–H groups in total. The molecule has 0 heterocycles. The molecule has 0 aliphatic rings. The van der Waals surface area contributed by atoms with Gasteiger partial charge in [-0.25, -0.2) is 4.79 Å². The van der Waals surface area contributed by atoms with Crippen LogP contribution in [-0.2, 0) is 0 Å². The summed E-state index contributed by atoms with van der Waals surface area (Å²) in [6, 6.07) is 11.3. The van der Waals surface area contributed by atoms with Crippen LogP contribution in [0.4, 0.5) is 5.69 Å². The van der Waals surface area contributed by atoms with Gasteiger partial charge in [0.1, 0.15) is 5.75 Å². The number of aryl methyl sites for hydroxylation is 2. The maximum atomic E-state index is 11.2. The first kappa shape index (κ1) is 18.3. The van der Waals surface area contributed by atoms with E-state index in [9.17, 15) is 9.90 Å². The number of benzene rings is 2. The minimum Gasteiger partial charge on any atom is -0.493 e.